The standard InChI is InChI=1S/C21H28FN3O3/c1-27-21(26)17-24(10-9-23-11-13-28-14-12-23)16-19-6-4-8-25(19)15-18-5-2-3-7-20(18)22/h2-8H,9-17H2,1H3. The van der Waals surface area contributed by atoms with Crippen molar-refractivity contribution in [3.8, 4) is 0 Å². The van der Waals surface area contributed by atoms with Gasteiger partial charge in [-0.05, 0) is 18.2 Å². The Morgan fingerprint density at radius 2 is 2.00 bits per heavy atom. The molecule has 28 heavy (non-hydrogen) atoms. The van der Waals surface area contributed by atoms with Crippen LogP contribution in [-0.2, 0) is 27.4 Å². The number of morpholine rings is 1. The average Bonchev–Trinajstić information content (AvgIpc) is 3.15. The Morgan fingerprint density at radius 3 is 2.75 bits per heavy atom. The quantitative estimate of drug-likeness (QED) is 0.614. The van der Waals surface area contributed by atoms with E-state index in [0.29, 0.717) is 18.7 Å². The zero-order valence-corrected chi connectivity index (χ0v) is 16.3. The molecule has 0 aliphatic carbocycles. The van der Waals surface area contributed by atoms with Crippen molar-refractivity contribution in [3.63, 3.8) is 0 Å². The predicted octanol–water partition coefficient (Wildman–Crippen LogP) is 1.98. The first kappa shape index (κ1) is 20.5. The summed E-state index contributed by atoms with van der Waals surface area (Å²) in [5, 5.41) is 0. The number of esters is 1. The molecule has 1 aliphatic heterocycles. The van der Waals surface area contributed by atoms with Gasteiger partial charge in [0.25, 0.3) is 0 Å². The molecule has 0 saturated carbocycles. The van der Waals surface area contributed by atoms with E-state index in [1.165, 1.54) is 13.2 Å². The topological polar surface area (TPSA) is 46.9 Å². The number of nitrogens with zero attached hydrogens (tertiary/aromatic N) is 3. The van der Waals surface area contributed by atoms with Gasteiger partial charge >= 0.3 is 5.97 Å². The Balaban J connectivity index is 1.65. The van der Waals surface area contributed by atoms with Gasteiger partial charge in [0, 0.05) is 50.2 Å². The zero-order chi connectivity index (χ0) is 19.8. The maximum Gasteiger partial charge on any atom is 0.319 e. The third-order valence-corrected chi connectivity index (χ3v) is 5.02. The molecule has 7 heteroatoms. The minimum atomic E-state index is -0.255. The number of halogens is 1. The predicted molar refractivity (Wildman–Crippen MR) is 104 cm³/mol. The third-order valence-electron chi connectivity index (χ3n) is 5.02. The summed E-state index contributed by atoms with van der Waals surface area (Å²) in [6.45, 7) is 6.24. The van der Waals surface area contributed by atoms with E-state index in [1.54, 1.807) is 12.1 Å². The highest BCUT2D eigenvalue weighted by molar-refractivity contribution is 5.71. The Bertz CT molecular complexity index is 759. The number of benzene rings is 1. The Kier molecular flexibility index (Phi) is 7.59. The molecule has 3 rings (SSSR count). The molecule has 0 unspecified atom stereocenters. The van der Waals surface area contributed by atoms with Crippen LogP contribution in [0.5, 0.6) is 0 Å². The lowest BCUT2D eigenvalue weighted by Gasteiger charge is -2.29. The summed E-state index contributed by atoms with van der Waals surface area (Å²) >= 11 is 0. The number of hydrogen-bond acceptors (Lipinski definition) is 5. The third kappa shape index (κ3) is 5.89. The summed E-state index contributed by atoms with van der Waals surface area (Å²) in [6.07, 6.45) is 1.94. The molecule has 1 fully saturated rings. The van der Waals surface area contributed by atoms with Gasteiger partial charge in [0.2, 0.25) is 0 Å². The number of ether oxygens (including phenoxy) is 2. The van der Waals surface area contributed by atoms with Crippen molar-refractivity contribution in [2.45, 2.75) is 13.1 Å². The molecule has 0 spiro atoms. The Labute approximate surface area is 165 Å². The molecule has 152 valence electrons. The van der Waals surface area contributed by atoms with Gasteiger partial charge < -0.3 is 14.0 Å². The van der Waals surface area contributed by atoms with E-state index in [1.807, 2.05) is 29.0 Å². The van der Waals surface area contributed by atoms with Crippen LogP contribution in [0.25, 0.3) is 0 Å². The number of hydrogen-bond donors (Lipinski definition) is 0. The smallest absolute Gasteiger partial charge is 0.319 e. The summed E-state index contributed by atoms with van der Waals surface area (Å²) in [6, 6.07) is 10.8. The van der Waals surface area contributed by atoms with E-state index in [-0.39, 0.29) is 18.3 Å². The summed E-state index contributed by atoms with van der Waals surface area (Å²) in [5.41, 5.74) is 1.68. The van der Waals surface area contributed by atoms with Crippen LogP contribution in [0.2, 0.25) is 0 Å². The zero-order valence-electron chi connectivity index (χ0n) is 16.3. The molecule has 0 atom stereocenters. The van der Waals surface area contributed by atoms with E-state index in [9.17, 15) is 9.18 Å². The molecule has 6 nitrogen and oxygen atoms in total. The van der Waals surface area contributed by atoms with Crippen LogP contribution in [0, 0.1) is 5.82 Å². The largest absolute Gasteiger partial charge is 0.468 e. The first-order chi connectivity index (χ1) is 13.7. The molecule has 0 amide bonds. The maximum atomic E-state index is 14.0. The number of methoxy groups -OCH3 is 1. The van der Waals surface area contributed by atoms with Gasteiger partial charge in [0.15, 0.2) is 0 Å². The Hall–Kier alpha value is -2.22. The van der Waals surface area contributed by atoms with Crippen LogP contribution in [0.1, 0.15) is 11.3 Å². The van der Waals surface area contributed by atoms with Crippen molar-refractivity contribution in [1.29, 1.82) is 0 Å². The number of carbonyl (C=O) groups excluding carboxylic acids is 1. The molecule has 0 bridgehead atoms. The van der Waals surface area contributed by atoms with Crippen LogP contribution < -0.4 is 0 Å². The number of aromatic nitrogens is 1. The average molecular weight is 389 g/mol. The van der Waals surface area contributed by atoms with Gasteiger partial charge in [-0.15, -0.1) is 0 Å². The van der Waals surface area contributed by atoms with E-state index in [0.717, 1.165) is 45.1 Å². The second-order valence-corrected chi connectivity index (χ2v) is 6.96. The highest BCUT2D eigenvalue weighted by atomic mass is 19.1. The molecule has 2 aromatic rings. The lowest BCUT2D eigenvalue weighted by Crippen LogP contribution is -2.42. The molecular weight excluding hydrogens is 361 g/mol. The van der Waals surface area contributed by atoms with Crippen molar-refractivity contribution >= 4 is 5.97 Å². The number of rotatable bonds is 9. The summed E-state index contributed by atoms with van der Waals surface area (Å²) in [7, 11) is 1.41. The highest BCUT2D eigenvalue weighted by Crippen LogP contribution is 2.13. The number of carbonyl (C=O) groups is 1. The fourth-order valence-corrected chi connectivity index (χ4v) is 3.36. The Morgan fingerprint density at radius 1 is 1.21 bits per heavy atom. The molecule has 0 radical (unpaired) electrons. The van der Waals surface area contributed by atoms with Crippen LogP contribution in [0.15, 0.2) is 42.6 Å². The van der Waals surface area contributed by atoms with Gasteiger partial charge in [-0.2, -0.15) is 0 Å². The fraction of sp³-hybridized carbons (Fsp3) is 0.476. The molecular formula is C21H28FN3O3. The summed E-state index contributed by atoms with van der Waals surface area (Å²) in [5.74, 6) is -0.463. The van der Waals surface area contributed by atoms with Gasteiger partial charge in [-0.25, -0.2) is 4.39 Å². The van der Waals surface area contributed by atoms with Gasteiger partial charge in [0.05, 0.1) is 33.4 Å². The van der Waals surface area contributed by atoms with E-state index < -0.39 is 0 Å². The lowest BCUT2D eigenvalue weighted by molar-refractivity contribution is -0.142. The van der Waals surface area contributed by atoms with Crippen LogP contribution in [0.4, 0.5) is 4.39 Å². The van der Waals surface area contributed by atoms with Crippen LogP contribution >= 0.6 is 0 Å². The van der Waals surface area contributed by atoms with Gasteiger partial charge in [-0.1, -0.05) is 18.2 Å². The maximum absolute atomic E-state index is 14.0. The SMILES string of the molecule is COC(=O)CN(CCN1CCOCC1)Cc1cccn1Cc1ccccc1F. The van der Waals surface area contributed by atoms with Crippen LogP contribution in [-0.4, -0.2) is 73.4 Å². The minimum absolute atomic E-state index is 0.208. The molecule has 0 N–H and O–H groups in total. The van der Waals surface area contributed by atoms with E-state index >= 15 is 0 Å². The second kappa shape index (κ2) is 10.4. The van der Waals surface area contributed by atoms with Gasteiger partial charge in [0.1, 0.15) is 5.82 Å². The molecule has 1 aromatic carbocycles. The van der Waals surface area contributed by atoms with Crippen molar-refractivity contribution in [2.24, 2.45) is 0 Å². The summed E-state index contributed by atoms with van der Waals surface area (Å²) < 4.78 is 26.3. The molecule has 1 saturated heterocycles. The van der Waals surface area contributed by atoms with Gasteiger partial charge in [-0.3, -0.25) is 14.6 Å². The van der Waals surface area contributed by atoms with E-state index in [2.05, 4.69) is 9.80 Å². The van der Waals surface area contributed by atoms with Crippen molar-refractivity contribution in [1.82, 2.24) is 14.4 Å². The molecule has 1 aromatic heterocycles. The minimum Gasteiger partial charge on any atom is -0.468 e. The lowest BCUT2D eigenvalue weighted by atomic mass is 10.2. The highest BCUT2D eigenvalue weighted by Gasteiger charge is 2.17. The van der Waals surface area contributed by atoms with Crippen molar-refractivity contribution < 1.29 is 18.7 Å². The normalized spacial score (nSPS) is 15.1. The summed E-state index contributed by atoms with van der Waals surface area (Å²) in [4.78, 5) is 16.3. The van der Waals surface area contributed by atoms with E-state index in [4.69, 9.17) is 9.47 Å². The molecule has 1 aliphatic rings. The molecule has 2 heterocycles. The first-order valence-corrected chi connectivity index (χ1v) is 9.62. The second-order valence-electron chi connectivity index (χ2n) is 6.96. The van der Waals surface area contributed by atoms with Crippen molar-refractivity contribution in [3.05, 3.63) is 59.7 Å². The first-order valence-electron chi connectivity index (χ1n) is 9.62. The van der Waals surface area contributed by atoms with Crippen LogP contribution in [0.3, 0.4) is 0 Å². The fourth-order valence-electron chi connectivity index (χ4n) is 3.36. The monoisotopic (exact) mass is 389 g/mol. The van der Waals surface area contributed by atoms with Crippen molar-refractivity contribution in [2.75, 3.05) is 53.0 Å².